The molecule has 0 bridgehead atoms. The molecule has 0 fully saturated rings. The van der Waals surface area contributed by atoms with Crippen LogP contribution >= 0.6 is 0 Å². The Morgan fingerprint density at radius 1 is 1.43 bits per heavy atom. The first-order valence-corrected chi connectivity index (χ1v) is 4.15. The van der Waals surface area contributed by atoms with Gasteiger partial charge in [-0.05, 0) is 13.8 Å². The molecule has 0 atom stereocenters. The van der Waals surface area contributed by atoms with Gasteiger partial charge in [0.2, 0.25) is 0 Å². The molecule has 0 amide bonds. The van der Waals surface area contributed by atoms with Gasteiger partial charge < -0.3 is 10.1 Å². The van der Waals surface area contributed by atoms with Crippen molar-refractivity contribution in [3.05, 3.63) is 28.1 Å². The zero-order valence-electron chi connectivity index (χ0n) is 7.83. The summed E-state index contributed by atoms with van der Waals surface area (Å²) in [7, 11) is 0. The highest BCUT2D eigenvalue weighted by Crippen LogP contribution is 2.20. The third kappa shape index (κ3) is 1.14. The summed E-state index contributed by atoms with van der Waals surface area (Å²) in [4.78, 5) is 21.8. The summed E-state index contributed by atoms with van der Waals surface area (Å²) in [5.74, 6) is 0.530. The predicted octanol–water partition coefficient (Wildman–Crippen LogP) is 0.641. The number of aromatic nitrogens is 3. The van der Waals surface area contributed by atoms with E-state index in [2.05, 4.69) is 15.0 Å². The molecule has 0 aromatic carbocycles. The van der Waals surface area contributed by atoms with Crippen molar-refractivity contribution < 1.29 is 5.11 Å². The highest BCUT2D eigenvalue weighted by atomic mass is 16.3. The van der Waals surface area contributed by atoms with Crippen LogP contribution in [0, 0.1) is 13.8 Å². The molecule has 72 valence electrons. The molecule has 0 aliphatic carbocycles. The van der Waals surface area contributed by atoms with E-state index in [1.165, 1.54) is 6.20 Å². The second kappa shape index (κ2) is 2.80. The van der Waals surface area contributed by atoms with Gasteiger partial charge in [-0.15, -0.1) is 0 Å². The van der Waals surface area contributed by atoms with Gasteiger partial charge in [0.1, 0.15) is 11.3 Å². The van der Waals surface area contributed by atoms with Crippen molar-refractivity contribution >= 4 is 10.9 Å². The van der Waals surface area contributed by atoms with E-state index in [0.717, 1.165) is 0 Å². The van der Waals surface area contributed by atoms with Gasteiger partial charge >= 0.3 is 0 Å². The van der Waals surface area contributed by atoms with Gasteiger partial charge in [0.05, 0.1) is 11.1 Å². The standard InChI is InChI=1S/C9H9N3O2/c1-4-8(13)7-6(9(14)11-4)3-10-5(2)12-7/h3,13H,1-2H3,(H,11,14). The van der Waals surface area contributed by atoms with Gasteiger partial charge in [0.15, 0.2) is 5.75 Å². The summed E-state index contributed by atoms with van der Waals surface area (Å²) in [6.45, 7) is 3.32. The fourth-order valence-corrected chi connectivity index (χ4v) is 1.29. The molecule has 0 unspecified atom stereocenters. The number of fused-ring (bicyclic) bond motifs is 1. The van der Waals surface area contributed by atoms with Gasteiger partial charge in [-0.1, -0.05) is 0 Å². The molecule has 2 rings (SSSR count). The number of nitrogens with zero attached hydrogens (tertiary/aromatic N) is 2. The van der Waals surface area contributed by atoms with Crippen LogP contribution in [0.1, 0.15) is 11.5 Å². The Balaban J connectivity index is 3.03. The lowest BCUT2D eigenvalue weighted by Gasteiger charge is -2.02. The lowest BCUT2D eigenvalue weighted by atomic mass is 10.2. The Morgan fingerprint density at radius 2 is 2.14 bits per heavy atom. The van der Waals surface area contributed by atoms with E-state index < -0.39 is 0 Å². The van der Waals surface area contributed by atoms with Crippen LogP contribution in [0.2, 0.25) is 0 Å². The maximum Gasteiger partial charge on any atom is 0.259 e. The third-order valence-corrected chi connectivity index (χ3v) is 2.03. The molecule has 2 aromatic rings. The van der Waals surface area contributed by atoms with Crippen molar-refractivity contribution in [2.24, 2.45) is 0 Å². The van der Waals surface area contributed by atoms with E-state index in [9.17, 15) is 9.90 Å². The van der Waals surface area contributed by atoms with Crippen molar-refractivity contribution in [1.29, 1.82) is 0 Å². The van der Waals surface area contributed by atoms with Crippen molar-refractivity contribution in [2.75, 3.05) is 0 Å². The molecule has 2 N–H and O–H groups in total. The molecular formula is C9H9N3O2. The van der Waals surface area contributed by atoms with Gasteiger partial charge in [-0.25, -0.2) is 9.97 Å². The summed E-state index contributed by atoms with van der Waals surface area (Å²) in [5.41, 5.74) is 0.439. The largest absolute Gasteiger partial charge is 0.504 e. The van der Waals surface area contributed by atoms with Crippen molar-refractivity contribution in [3.63, 3.8) is 0 Å². The summed E-state index contributed by atoms with van der Waals surface area (Å²) >= 11 is 0. The van der Waals surface area contributed by atoms with E-state index in [1.54, 1.807) is 13.8 Å². The molecule has 0 saturated heterocycles. The number of rotatable bonds is 0. The highest BCUT2D eigenvalue weighted by Gasteiger charge is 2.08. The molecule has 0 radical (unpaired) electrons. The molecule has 0 saturated carbocycles. The first kappa shape index (κ1) is 8.68. The second-order valence-corrected chi connectivity index (χ2v) is 3.11. The van der Waals surface area contributed by atoms with Crippen LogP contribution in [-0.2, 0) is 0 Å². The number of aryl methyl sites for hydroxylation is 2. The zero-order valence-corrected chi connectivity index (χ0v) is 7.83. The van der Waals surface area contributed by atoms with E-state index in [0.29, 0.717) is 22.4 Å². The Hall–Kier alpha value is -1.91. The molecule has 2 aromatic heterocycles. The molecule has 0 aliphatic rings. The van der Waals surface area contributed by atoms with Crippen LogP contribution in [0.5, 0.6) is 5.75 Å². The second-order valence-electron chi connectivity index (χ2n) is 3.11. The number of aromatic amines is 1. The average Bonchev–Trinajstić information content (AvgIpc) is 2.14. The summed E-state index contributed by atoms with van der Waals surface area (Å²) in [6, 6.07) is 0. The van der Waals surface area contributed by atoms with Gasteiger partial charge in [-0.2, -0.15) is 0 Å². The molecular weight excluding hydrogens is 182 g/mol. The van der Waals surface area contributed by atoms with Crippen molar-refractivity contribution in [1.82, 2.24) is 15.0 Å². The van der Waals surface area contributed by atoms with Crippen LogP contribution < -0.4 is 5.56 Å². The Kier molecular flexibility index (Phi) is 1.73. The molecule has 14 heavy (non-hydrogen) atoms. The number of nitrogens with one attached hydrogen (secondary N) is 1. The normalized spacial score (nSPS) is 10.7. The number of pyridine rings is 1. The third-order valence-electron chi connectivity index (χ3n) is 2.03. The Bertz CT molecular complexity index is 560. The summed E-state index contributed by atoms with van der Waals surface area (Å²) < 4.78 is 0. The number of hydrogen-bond donors (Lipinski definition) is 2. The first-order chi connectivity index (χ1) is 6.59. The van der Waals surface area contributed by atoms with Crippen molar-refractivity contribution in [2.45, 2.75) is 13.8 Å². The molecule has 0 spiro atoms. The lowest BCUT2D eigenvalue weighted by molar-refractivity contribution is 0.472. The molecule has 0 aliphatic heterocycles. The quantitative estimate of drug-likeness (QED) is 0.640. The zero-order chi connectivity index (χ0) is 10.3. The summed E-state index contributed by atoms with van der Waals surface area (Å²) in [5, 5.41) is 9.95. The monoisotopic (exact) mass is 191 g/mol. The summed E-state index contributed by atoms with van der Waals surface area (Å²) in [6.07, 6.45) is 1.41. The average molecular weight is 191 g/mol. The number of H-pyrrole nitrogens is 1. The minimum absolute atomic E-state index is 0.00472. The van der Waals surface area contributed by atoms with Crippen molar-refractivity contribution in [3.8, 4) is 5.75 Å². The van der Waals surface area contributed by atoms with Crippen LogP contribution in [-0.4, -0.2) is 20.1 Å². The molecule has 2 heterocycles. The fourth-order valence-electron chi connectivity index (χ4n) is 1.29. The highest BCUT2D eigenvalue weighted by molar-refractivity contribution is 5.83. The topological polar surface area (TPSA) is 78.9 Å². The Morgan fingerprint density at radius 3 is 2.86 bits per heavy atom. The Labute approximate surface area is 79.5 Å². The first-order valence-electron chi connectivity index (χ1n) is 4.15. The number of hydrogen-bond acceptors (Lipinski definition) is 4. The maximum atomic E-state index is 11.4. The van der Waals surface area contributed by atoms with E-state index >= 15 is 0 Å². The van der Waals surface area contributed by atoms with Crippen LogP contribution in [0.15, 0.2) is 11.0 Å². The van der Waals surface area contributed by atoms with E-state index in [1.807, 2.05) is 0 Å². The van der Waals surface area contributed by atoms with Crippen LogP contribution in [0.25, 0.3) is 10.9 Å². The smallest absolute Gasteiger partial charge is 0.259 e. The SMILES string of the molecule is Cc1ncc2c(=O)[nH]c(C)c(O)c2n1. The van der Waals surface area contributed by atoms with Gasteiger partial charge in [0.25, 0.3) is 5.56 Å². The van der Waals surface area contributed by atoms with Crippen LogP contribution in [0.4, 0.5) is 0 Å². The van der Waals surface area contributed by atoms with Gasteiger partial charge in [-0.3, -0.25) is 4.79 Å². The van der Waals surface area contributed by atoms with Gasteiger partial charge in [0, 0.05) is 6.20 Å². The minimum Gasteiger partial charge on any atom is -0.504 e. The fraction of sp³-hybridized carbons (Fsp3) is 0.222. The maximum absolute atomic E-state index is 11.4. The van der Waals surface area contributed by atoms with Crippen LogP contribution in [0.3, 0.4) is 0 Å². The molecule has 5 heteroatoms. The van der Waals surface area contributed by atoms with E-state index in [4.69, 9.17) is 0 Å². The predicted molar refractivity (Wildman–Crippen MR) is 51.3 cm³/mol. The lowest BCUT2D eigenvalue weighted by Crippen LogP contribution is -2.09. The molecule has 5 nitrogen and oxygen atoms in total. The van der Waals surface area contributed by atoms with E-state index in [-0.39, 0.29) is 11.3 Å². The minimum atomic E-state index is -0.282. The number of aromatic hydroxyl groups is 1.